The van der Waals surface area contributed by atoms with Crippen LogP contribution in [-0.4, -0.2) is 20.0 Å². The van der Waals surface area contributed by atoms with E-state index in [-0.39, 0.29) is 5.56 Å². The van der Waals surface area contributed by atoms with E-state index < -0.39 is 11.7 Å². The van der Waals surface area contributed by atoms with Crippen molar-refractivity contribution >= 4 is 33.2 Å². The van der Waals surface area contributed by atoms with Gasteiger partial charge in [0.2, 0.25) is 0 Å². The summed E-state index contributed by atoms with van der Waals surface area (Å²) in [7, 11) is 3.90. The summed E-state index contributed by atoms with van der Waals surface area (Å²) in [5, 5.41) is 2.75. The fourth-order valence-corrected chi connectivity index (χ4v) is 2.49. The second-order valence-corrected chi connectivity index (χ2v) is 5.80. The van der Waals surface area contributed by atoms with E-state index in [1.54, 1.807) is 12.1 Å². The largest absolute Gasteiger partial charge is 0.378 e. The number of rotatable bonds is 3. The van der Waals surface area contributed by atoms with Crippen LogP contribution in [-0.2, 0) is 0 Å². The van der Waals surface area contributed by atoms with Crippen molar-refractivity contribution in [2.45, 2.75) is 6.92 Å². The molecule has 5 heteroatoms. The summed E-state index contributed by atoms with van der Waals surface area (Å²) in [5.41, 5.74) is 2.63. The zero-order chi connectivity index (χ0) is 15.6. The van der Waals surface area contributed by atoms with Crippen molar-refractivity contribution in [1.82, 2.24) is 0 Å². The number of anilines is 2. The number of aryl methyl sites for hydroxylation is 1. The third kappa shape index (κ3) is 3.42. The van der Waals surface area contributed by atoms with Gasteiger partial charge in [-0.1, -0.05) is 6.07 Å². The molecule has 2 aromatic rings. The van der Waals surface area contributed by atoms with Crippen LogP contribution in [0, 0.1) is 12.7 Å². The van der Waals surface area contributed by atoms with Crippen molar-refractivity contribution in [3.05, 3.63) is 57.8 Å². The third-order valence-electron chi connectivity index (χ3n) is 3.16. The van der Waals surface area contributed by atoms with E-state index in [0.29, 0.717) is 10.2 Å². The summed E-state index contributed by atoms with van der Waals surface area (Å²) < 4.78 is 14.2. The Bertz CT molecular complexity index is 666. The summed E-state index contributed by atoms with van der Waals surface area (Å²) >= 11 is 3.20. The van der Waals surface area contributed by atoms with E-state index in [4.69, 9.17) is 0 Å². The zero-order valence-electron chi connectivity index (χ0n) is 12.1. The molecule has 0 aliphatic rings. The number of amides is 1. The Morgan fingerprint density at radius 2 is 1.95 bits per heavy atom. The van der Waals surface area contributed by atoms with Crippen molar-refractivity contribution in [1.29, 1.82) is 0 Å². The minimum atomic E-state index is -0.551. The van der Waals surface area contributed by atoms with Gasteiger partial charge in [0.1, 0.15) is 5.82 Å². The Kier molecular flexibility index (Phi) is 4.63. The van der Waals surface area contributed by atoms with Gasteiger partial charge in [-0.05, 0) is 58.7 Å². The first-order valence-corrected chi connectivity index (χ1v) is 7.23. The van der Waals surface area contributed by atoms with Gasteiger partial charge in [0.25, 0.3) is 5.91 Å². The van der Waals surface area contributed by atoms with Crippen LogP contribution in [0.1, 0.15) is 15.9 Å². The van der Waals surface area contributed by atoms with Gasteiger partial charge >= 0.3 is 0 Å². The molecule has 0 spiro atoms. The molecule has 2 aromatic carbocycles. The van der Waals surface area contributed by atoms with E-state index in [1.807, 2.05) is 44.1 Å². The van der Waals surface area contributed by atoms with Gasteiger partial charge in [0.05, 0.1) is 5.56 Å². The van der Waals surface area contributed by atoms with Gasteiger partial charge in [0, 0.05) is 29.9 Å². The Balaban J connectivity index is 2.28. The summed E-state index contributed by atoms with van der Waals surface area (Å²) in [6.45, 7) is 1.90. The minimum Gasteiger partial charge on any atom is -0.378 e. The molecule has 0 radical (unpaired) electrons. The predicted octanol–water partition coefficient (Wildman–Crippen LogP) is 4.21. The van der Waals surface area contributed by atoms with Gasteiger partial charge < -0.3 is 10.2 Å². The number of benzene rings is 2. The van der Waals surface area contributed by atoms with Crippen LogP contribution in [0.25, 0.3) is 0 Å². The van der Waals surface area contributed by atoms with E-state index in [2.05, 4.69) is 21.2 Å². The minimum absolute atomic E-state index is 0.00795. The lowest BCUT2D eigenvalue weighted by Crippen LogP contribution is -2.16. The average molecular weight is 351 g/mol. The van der Waals surface area contributed by atoms with Gasteiger partial charge in [-0.15, -0.1) is 0 Å². The quantitative estimate of drug-likeness (QED) is 0.898. The lowest BCUT2D eigenvalue weighted by Gasteiger charge is -2.16. The number of nitrogens with zero attached hydrogens (tertiary/aromatic N) is 1. The lowest BCUT2D eigenvalue weighted by molar-refractivity contribution is 0.102. The highest BCUT2D eigenvalue weighted by Gasteiger charge is 2.16. The molecular formula is C16H16BrFN2O. The molecule has 0 saturated carbocycles. The van der Waals surface area contributed by atoms with E-state index in [1.165, 1.54) is 6.07 Å². The SMILES string of the molecule is Cc1cc(N(C)C)ccc1NC(=O)c1c(F)cccc1Br. The maximum absolute atomic E-state index is 13.8. The normalized spacial score (nSPS) is 10.3. The molecule has 0 bridgehead atoms. The standard InChI is InChI=1S/C16H16BrFN2O/c1-10-9-11(20(2)3)7-8-14(10)19-16(21)15-12(17)5-4-6-13(15)18/h4-9H,1-3H3,(H,19,21). The third-order valence-corrected chi connectivity index (χ3v) is 3.83. The van der Waals surface area contributed by atoms with Crippen molar-refractivity contribution in [2.24, 2.45) is 0 Å². The highest BCUT2D eigenvalue weighted by Crippen LogP contribution is 2.24. The maximum atomic E-state index is 13.8. The molecule has 21 heavy (non-hydrogen) atoms. The van der Waals surface area contributed by atoms with Gasteiger partial charge in [0.15, 0.2) is 0 Å². The molecule has 1 amide bonds. The lowest BCUT2D eigenvalue weighted by atomic mass is 10.1. The van der Waals surface area contributed by atoms with Gasteiger partial charge in [-0.2, -0.15) is 0 Å². The monoisotopic (exact) mass is 350 g/mol. The van der Waals surface area contributed by atoms with Crippen LogP contribution in [0.3, 0.4) is 0 Å². The van der Waals surface area contributed by atoms with Crippen molar-refractivity contribution in [2.75, 3.05) is 24.3 Å². The second kappa shape index (κ2) is 6.26. The van der Waals surface area contributed by atoms with E-state index >= 15 is 0 Å². The Morgan fingerprint density at radius 3 is 2.52 bits per heavy atom. The molecule has 0 aliphatic heterocycles. The topological polar surface area (TPSA) is 32.3 Å². The van der Waals surface area contributed by atoms with Crippen LogP contribution in [0.2, 0.25) is 0 Å². The molecule has 0 heterocycles. The average Bonchev–Trinajstić information content (AvgIpc) is 2.40. The number of halogens is 2. The number of hydrogen-bond donors (Lipinski definition) is 1. The molecule has 0 fully saturated rings. The number of carbonyl (C=O) groups is 1. The first kappa shape index (κ1) is 15.5. The molecule has 0 saturated heterocycles. The van der Waals surface area contributed by atoms with Gasteiger partial charge in [-0.3, -0.25) is 4.79 Å². The van der Waals surface area contributed by atoms with Crippen molar-refractivity contribution < 1.29 is 9.18 Å². The highest BCUT2D eigenvalue weighted by molar-refractivity contribution is 9.10. The number of nitrogens with one attached hydrogen (secondary N) is 1. The zero-order valence-corrected chi connectivity index (χ0v) is 13.7. The Labute approximate surface area is 131 Å². The van der Waals surface area contributed by atoms with E-state index in [0.717, 1.165) is 11.3 Å². The molecule has 0 unspecified atom stereocenters. The molecule has 0 aromatic heterocycles. The summed E-state index contributed by atoms with van der Waals surface area (Å²) in [6, 6.07) is 10.1. The van der Waals surface area contributed by atoms with Gasteiger partial charge in [-0.25, -0.2) is 4.39 Å². The molecule has 2 rings (SSSR count). The smallest absolute Gasteiger partial charge is 0.259 e. The van der Waals surface area contributed by atoms with Crippen LogP contribution in [0.5, 0.6) is 0 Å². The number of carbonyl (C=O) groups excluding carboxylic acids is 1. The summed E-state index contributed by atoms with van der Waals surface area (Å²) in [4.78, 5) is 14.2. The first-order valence-electron chi connectivity index (χ1n) is 6.43. The van der Waals surface area contributed by atoms with Crippen molar-refractivity contribution in [3.8, 4) is 0 Å². The fraction of sp³-hybridized carbons (Fsp3) is 0.188. The van der Waals surface area contributed by atoms with Crippen LogP contribution >= 0.6 is 15.9 Å². The highest BCUT2D eigenvalue weighted by atomic mass is 79.9. The van der Waals surface area contributed by atoms with E-state index in [9.17, 15) is 9.18 Å². The first-order chi connectivity index (χ1) is 9.90. The molecule has 0 aliphatic carbocycles. The number of hydrogen-bond acceptors (Lipinski definition) is 2. The maximum Gasteiger partial charge on any atom is 0.259 e. The Hall–Kier alpha value is -1.88. The fourth-order valence-electron chi connectivity index (χ4n) is 1.97. The predicted molar refractivity (Wildman–Crippen MR) is 87.6 cm³/mol. The van der Waals surface area contributed by atoms with Crippen LogP contribution in [0.4, 0.5) is 15.8 Å². The molecule has 3 nitrogen and oxygen atoms in total. The molecular weight excluding hydrogens is 335 g/mol. The van der Waals surface area contributed by atoms with Crippen molar-refractivity contribution in [3.63, 3.8) is 0 Å². The molecule has 1 N–H and O–H groups in total. The molecule has 110 valence electrons. The second-order valence-electron chi connectivity index (χ2n) is 4.94. The molecule has 0 atom stereocenters. The Morgan fingerprint density at radius 1 is 1.24 bits per heavy atom. The van der Waals surface area contributed by atoms with Crippen LogP contribution in [0.15, 0.2) is 40.9 Å². The summed E-state index contributed by atoms with van der Waals surface area (Å²) in [5.74, 6) is -1.02. The van der Waals surface area contributed by atoms with Crippen LogP contribution < -0.4 is 10.2 Å². The summed E-state index contributed by atoms with van der Waals surface area (Å²) in [6.07, 6.45) is 0.